The smallest absolute Gasteiger partial charge is 0.329 e. The van der Waals surface area contributed by atoms with Gasteiger partial charge < -0.3 is 20.6 Å². The van der Waals surface area contributed by atoms with E-state index in [4.69, 9.17) is 5.11 Å². The monoisotopic (exact) mass is 267 g/mol. The van der Waals surface area contributed by atoms with E-state index in [1.807, 2.05) is 0 Å². The molecule has 0 radical (unpaired) electrons. The molecule has 0 fully saturated rings. The van der Waals surface area contributed by atoms with Crippen LogP contribution in [0.5, 0.6) is 11.5 Å². The molecular weight excluding hydrogens is 250 g/mol. The molecule has 6 heteroatoms. The van der Waals surface area contributed by atoms with Crippen LogP contribution in [0.1, 0.15) is 37.0 Å². The number of amides is 1. The average molecular weight is 267 g/mol. The Labute approximate surface area is 110 Å². The van der Waals surface area contributed by atoms with E-state index >= 15 is 0 Å². The predicted octanol–water partition coefficient (Wildman–Crippen LogP) is 1.47. The summed E-state index contributed by atoms with van der Waals surface area (Å²) in [6.45, 7) is 3.20. The van der Waals surface area contributed by atoms with Crippen LogP contribution in [0, 0.1) is 0 Å². The van der Waals surface area contributed by atoms with Crippen molar-refractivity contribution in [1.29, 1.82) is 0 Å². The van der Waals surface area contributed by atoms with Crippen LogP contribution in [0.3, 0.4) is 0 Å². The summed E-state index contributed by atoms with van der Waals surface area (Å²) >= 11 is 0. The number of benzene rings is 1. The van der Waals surface area contributed by atoms with E-state index in [9.17, 15) is 19.8 Å². The van der Waals surface area contributed by atoms with Crippen molar-refractivity contribution in [2.24, 2.45) is 0 Å². The molecule has 0 aliphatic carbocycles. The van der Waals surface area contributed by atoms with Crippen LogP contribution in [0.4, 0.5) is 0 Å². The molecule has 0 aliphatic heterocycles. The number of para-hydroxylation sites is 1. The maximum Gasteiger partial charge on any atom is 0.329 e. The summed E-state index contributed by atoms with van der Waals surface area (Å²) < 4.78 is 0. The van der Waals surface area contributed by atoms with Crippen LogP contribution in [0.25, 0.3) is 0 Å². The van der Waals surface area contributed by atoms with E-state index in [-0.39, 0.29) is 12.0 Å². The fourth-order valence-corrected chi connectivity index (χ4v) is 1.76. The summed E-state index contributed by atoms with van der Waals surface area (Å²) in [5.41, 5.74) is -1.58. The molecule has 0 aromatic heterocycles. The molecule has 104 valence electrons. The number of aliphatic carboxylic acids is 1. The third-order valence-electron chi connectivity index (χ3n) is 2.87. The van der Waals surface area contributed by atoms with Crippen molar-refractivity contribution in [1.82, 2.24) is 5.32 Å². The normalized spacial score (nSPS) is 13.6. The number of carbonyl (C=O) groups excluding carboxylic acids is 1. The van der Waals surface area contributed by atoms with Crippen molar-refractivity contribution in [3.63, 3.8) is 0 Å². The van der Waals surface area contributed by atoms with Crippen molar-refractivity contribution in [2.75, 3.05) is 0 Å². The number of rotatable bonds is 5. The van der Waals surface area contributed by atoms with Crippen molar-refractivity contribution in [3.05, 3.63) is 23.8 Å². The van der Waals surface area contributed by atoms with Crippen LogP contribution in [-0.4, -0.2) is 32.7 Å². The number of carboxylic acids is 1. The molecule has 1 unspecified atom stereocenters. The first-order valence-electron chi connectivity index (χ1n) is 5.88. The maximum absolute atomic E-state index is 12.0. The number of hydrogen-bond donors (Lipinski definition) is 4. The van der Waals surface area contributed by atoms with Gasteiger partial charge >= 0.3 is 5.97 Å². The van der Waals surface area contributed by atoms with Crippen molar-refractivity contribution in [2.45, 2.75) is 32.2 Å². The Morgan fingerprint density at radius 1 is 1.32 bits per heavy atom. The first kappa shape index (κ1) is 14.8. The van der Waals surface area contributed by atoms with Gasteiger partial charge in [0, 0.05) is 0 Å². The molecule has 0 saturated heterocycles. The highest BCUT2D eigenvalue weighted by Crippen LogP contribution is 2.28. The van der Waals surface area contributed by atoms with E-state index < -0.39 is 28.9 Å². The molecule has 6 nitrogen and oxygen atoms in total. The van der Waals surface area contributed by atoms with Gasteiger partial charge in [-0.2, -0.15) is 0 Å². The van der Waals surface area contributed by atoms with Crippen molar-refractivity contribution < 1.29 is 24.9 Å². The molecule has 0 heterocycles. The van der Waals surface area contributed by atoms with Gasteiger partial charge in [0.1, 0.15) is 5.54 Å². The fraction of sp³-hybridized carbons (Fsp3) is 0.385. The number of phenols is 2. The van der Waals surface area contributed by atoms with Gasteiger partial charge in [-0.05, 0) is 25.5 Å². The largest absolute Gasteiger partial charge is 0.504 e. The first-order chi connectivity index (χ1) is 8.81. The topological polar surface area (TPSA) is 107 Å². The average Bonchev–Trinajstić information content (AvgIpc) is 2.32. The lowest BCUT2D eigenvalue weighted by Gasteiger charge is -2.25. The van der Waals surface area contributed by atoms with Crippen LogP contribution < -0.4 is 5.32 Å². The van der Waals surface area contributed by atoms with Crippen LogP contribution in [-0.2, 0) is 4.79 Å². The Morgan fingerprint density at radius 2 is 1.95 bits per heavy atom. The Morgan fingerprint density at radius 3 is 2.47 bits per heavy atom. The second-order valence-electron chi connectivity index (χ2n) is 4.51. The second-order valence-corrected chi connectivity index (χ2v) is 4.51. The predicted molar refractivity (Wildman–Crippen MR) is 68.2 cm³/mol. The lowest BCUT2D eigenvalue weighted by Crippen LogP contribution is -2.52. The fourth-order valence-electron chi connectivity index (χ4n) is 1.76. The lowest BCUT2D eigenvalue weighted by molar-refractivity contribution is -0.144. The number of aromatic hydroxyl groups is 2. The number of nitrogens with one attached hydrogen (secondary N) is 1. The van der Waals surface area contributed by atoms with E-state index in [2.05, 4.69) is 5.32 Å². The minimum absolute atomic E-state index is 0.163. The lowest BCUT2D eigenvalue weighted by atomic mass is 9.95. The molecule has 0 spiro atoms. The SMILES string of the molecule is CCCC(C)(NC(=O)c1cccc(O)c1O)C(=O)O. The summed E-state index contributed by atoms with van der Waals surface area (Å²) in [4.78, 5) is 23.2. The van der Waals surface area contributed by atoms with Crippen LogP contribution in [0.2, 0.25) is 0 Å². The molecule has 1 atom stereocenters. The molecular formula is C13H17NO5. The summed E-state index contributed by atoms with van der Waals surface area (Å²) in [5, 5.41) is 30.4. The maximum atomic E-state index is 12.0. The summed E-state index contributed by atoms with van der Waals surface area (Å²) in [7, 11) is 0. The van der Waals surface area contributed by atoms with Gasteiger partial charge in [-0.15, -0.1) is 0 Å². The molecule has 0 aliphatic rings. The van der Waals surface area contributed by atoms with E-state index in [0.29, 0.717) is 6.42 Å². The van der Waals surface area contributed by atoms with E-state index in [0.717, 1.165) is 0 Å². The van der Waals surface area contributed by atoms with Gasteiger partial charge in [0.25, 0.3) is 5.91 Å². The number of phenolic OH excluding ortho intramolecular Hbond substituents is 2. The number of hydrogen-bond acceptors (Lipinski definition) is 4. The zero-order chi connectivity index (χ0) is 14.6. The molecule has 1 aromatic carbocycles. The second kappa shape index (κ2) is 5.60. The molecule has 4 N–H and O–H groups in total. The molecule has 0 bridgehead atoms. The Balaban J connectivity index is 3.01. The van der Waals surface area contributed by atoms with Gasteiger partial charge in [-0.25, -0.2) is 4.79 Å². The molecule has 1 amide bonds. The minimum atomic E-state index is -1.41. The first-order valence-corrected chi connectivity index (χ1v) is 5.88. The highest BCUT2D eigenvalue weighted by Gasteiger charge is 2.34. The van der Waals surface area contributed by atoms with E-state index in [1.165, 1.54) is 25.1 Å². The molecule has 1 rings (SSSR count). The number of carbonyl (C=O) groups is 2. The molecule has 1 aromatic rings. The van der Waals surface area contributed by atoms with Gasteiger partial charge in [0.2, 0.25) is 0 Å². The van der Waals surface area contributed by atoms with Gasteiger partial charge in [-0.3, -0.25) is 4.79 Å². The quantitative estimate of drug-likeness (QED) is 0.604. The van der Waals surface area contributed by atoms with Crippen LogP contribution >= 0.6 is 0 Å². The highest BCUT2D eigenvalue weighted by molar-refractivity contribution is 6.00. The summed E-state index contributed by atoms with van der Waals surface area (Å²) in [6, 6.07) is 3.93. The standard InChI is InChI=1S/C13H17NO5/c1-3-7-13(2,12(18)19)14-11(17)8-5-4-6-9(15)10(8)16/h4-6,15-16H,3,7H2,1-2H3,(H,14,17)(H,18,19). The number of carboxylic acid groups (broad SMARTS) is 1. The Hall–Kier alpha value is -2.24. The molecule has 19 heavy (non-hydrogen) atoms. The summed E-state index contributed by atoms with van der Waals surface area (Å²) in [6.07, 6.45) is 0.836. The Kier molecular flexibility index (Phi) is 4.37. The third-order valence-corrected chi connectivity index (χ3v) is 2.87. The van der Waals surface area contributed by atoms with Gasteiger partial charge in [0.15, 0.2) is 11.5 Å². The zero-order valence-corrected chi connectivity index (χ0v) is 10.8. The van der Waals surface area contributed by atoms with Gasteiger partial charge in [-0.1, -0.05) is 19.4 Å². The van der Waals surface area contributed by atoms with E-state index in [1.54, 1.807) is 6.92 Å². The van der Waals surface area contributed by atoms with Gasteiger partial charge in [0.05, 0.1) is 5.56 Å². The van der Waals surface area contributed by atoms with Crippen molar-refractivity contribution in [3.8, 4) is 11.5 Å². The van der Waals surface area contributed by atoms with Crippen molar-refractivity contribution >= 4 is 11.9 Å². The molecule has 0 saturated carbocycles. The zero-order valence-electron chi connectivity index (χ0n) is 10.8. The third kappa shape index (κ3) is 3.15. The minimum Gasteiger partial charge on any atom is -0.504 e. The Bertz CT molecular complexity index is 500. The highest BCUT2D eigenvalue weighted by atomic mass is 16.4. The van der Waals surface area contributed by atoms with Crippen LogP contribution in [0.15, 0.2) is 18.2 Å². The summed E-state index contributed by atoms with van der Waals surface area (Å²) in [5.74, 6) is -2.89.